The van der Waals surface area contributed by atoms with Crippen LogP contribution in [0.5, 0.6) is 0 Å². The molecular formula is C21H20N2O. The highest BCUT2D eigenvalue weighted by Gasteiger charge is 2.46. The molecule has 1 amide bonds. The SMILES string of the molecule is Cc1ccccc1C(=O)N1C=Cc2ccccc2C1(C#N)C(C)C. The van der Waals surface area contributed by atoms with Crippen molar-refractivity contribution in [1.82, 2.24) is 4.90 Å². The zero-order chi connectivity index (χ0) is 17.3. The normalized spacial score (nSPS) is 19.0. The minimum Gasteiger partial charge on any atom is -0.291 e. The summed E-state index contributed by atoms with van der Waals surface area (Å²) >= 11 is 0. The van der Waals surface area contributed by atoms with Gasteiger partial charge in [0.05, 0.1) is 6.07 Å². The summed E-state index contributed by atoms with van der Waals surface area (Å²) in [5.41, 5.74) is 2.39. The average molecular weight is 316 g/mol. The first-order valence-electron chi connectivity index (χ1n) is 8.10. The van der Waals surface area contributed by atoms with E-state index in [-0.39, 0.29) is 11.8 Å². The van der Waals surface area contributed by atoms with Gasteiger partial charge in [-0.1, -0.05) is 56.3 Å². The summed E-state index contributed by atoms with van der Waals surface area (Å²) in [4.78, 5) is 14.8. The zero-order valence-electron chi connectivity index (χ0n) is 14.2. The van der Waals surface area contributed by atoms with E-state index in [1.54, 1.807) is 11.1 Å². The summed E-state index contributed by atoms with van der Waals surface area (Å²) in [6.07, 6.45) is 3.66. The predicted octanol–water partition coefficient (Wildman–Crippen LogP) is 4.50. The van der Waals surface area contributed by atoms with Crippen LogP contribution < -0.4 is 0 Å². The van der Waals surface area contributed by atoms with Crippen molar-refractivity contribution in [2.24, 2.45) is 5.92 Å². The highest BCUT2D eigenvalue weighted by atomic mass is 16.2. The molecule has 2 aromatic rings. The standard InChI is InChI=1S/C21H20N2O/c1-15(2)21(14-22)19-11-7-5-9-17(19)12-13-23(21)20(24)18-10-6-4-8-16(18)3/h4-13,15H,1-3H3. The van der Waals surface area contributed by atoms with Gasteiger partial charge in [0.2, 0.25) is 0 Å². The Hall–Kier alpha value is -2.86. The number of nitrogens with zero attached hydrogens (tertiary/aromatic N) is 2. The Morgan fingerprint density at radius 1 is 1.12 bits per heavy atom. The molecule has 1 aliphatic rings. The summed E-state index contributed by atoms with van der Waals surface area (Å²) in [6, 6.07) is 17.7. The lowest BCUT2D eigenvalue weighted by Crippen LogP contribution is -2.51. The van der Waals surface area contributed by atoms with Gasteiger partial charge in [0.15, 0.2) is 5.54 Å². The van der Waals surface area contributed by atoms with E-state index in [9.17, 15) is 10.1 Å². The van der Waals surface area contributed by atoms with Gasteiger partial charge < -0.3 is 0 Å². The molecule has 120 valence electrons. The van der Waals surface area contributed by atoms with Crippen molar-refractivity contribution in [2.75, 3.05) is 0 Å². The molecule has 0 saturated carbocycles. The largest absolute Gasteiger partial charge is 0.291 e. The van der Waals surface area contributed by atoms with Crippen molar-refractivity contribution in [1.29, 1.82) is 5.26 Å². The fourth-order valence-corrected chi connectivity index (χ4v) is 3.39. The molecule has 1 unspecified atom stereocenters. The molecule has 0 radical (unpaired) electrons. The van der Waals surface area contributed by atoms with Crippen molar-refractivity contribution >= 4 is 12.0 Å². The molecule has 1 heterocycles. The van der Waals surface area contributed by atoms with Crippen LogP contribution in [0.4, 0.5) is 0 Å². The van der Waals surface area contributed by atoms with Crippen molar-refractivity contribution in [3.63, 3.8) is 0 Å². The Morgan fingerprint density at radius 3 is 2.46 bits per heavy atom. The summed E-state index contributed by atoms with van der Waals surface area (Å²) in [6.45, 7) is 5.88. The monoisotopic (exact) mass is 316 g/mol. The lowest BCUT2D eigenvalue weighted by atomic mass is 9.75. The lowest BCUT2D eigenvalue weighted by molar-refractivity contribution is 0.0624. The molecule has 0 N–H and O–H groups in total. The molecule has 0 spiro atoms. The minimum absolute atomic E-state index is 0.0541. The molecule has 24 heavy (non-hydrogen) atoms. The third-order valence-electron chi connectivity index (χ3n) is 4.75. The smallest absolute Gasteiger partial charge is 0.259 e. The van der Waals surface area contributed by atoms with Crippen LogP contribution >= 0.6 is 0 Å². The van der Waals surface area contributed by atoms with Crippen molar-refractivity contribution in [2.45, 2.75) is 26.3 Å². The third kappa shape index (κ3) is 2.23. The van der Waals surface area contributed by atoms with E-state index in [4.69, 9.17) is 0 Å². The van der Waals surface area contributed by atoms with E-state index >= 15 is 0 Å². The second-order valence-electron chi connectivity index (χ2n) is 6.43. The Bertz CT molecular complexity index is 860. The Kier molecular flexibility index (Phi) is 3.99. The van der Waals surface area contributed by atoms with Crippen LogP contribution in [0, 0.1) is 24.2 Å². The van der Waals surface area contributed by atoms with Crippen LogP contribution in [0.15, 0.2) is 54.7 Å². The van der Waals surface area contributed by atoms with E-state index in [1.807, 2.05) is 75.4 Å². The van der Waals surface area contributed by atoms with Crippen LogP contribution in [0.1, 0.15) is 40.9 Å². The first kappa shape index (κ1) is 16.0. The van der Waals surface area contributed by atoms with Crippen molar-refractivity contribution in [3.05, 3.63) is 77.0 Å². The molecule has 1 aliphatic heterocycles. The first-order chi connectivity index (χ1) is 11.5. The second-order valence-corrected chi connectivity index (χ2v) is 6.43. The second kappa shape index (κ2) is 5.98. The van der Waals surface area contributed by atoms with Gasteiger partial charge in [0.25, 0.3) is 5.91 Å². The highest BCUT2D eigenvalue weighted by Crippen LogP contribution is 2.42. The maximum atomic E-state index is 13.2. The molecule has 3 rings (SSSR count). The molecule has 0 aliphatic carbocycles. The molecule has 0 aromatic heterocycles. The number of fused-ring (bicyclic) bond motifs is 1. The van der Waals surface area contributed by atoms with E-state index < -0.39 is 5.54 Å². The maximum Gasteiger partial charge on any atom is 0.259 e. The molecule has 3 heteroatoms. The number of hydrogen-bond acceptors (Lipinski definition) is 2. The van der Waals surface area contributed by atoms with Gasteiger partial charge in [-0.3, -0.25) is 9.69 Å². The number of carbonyl (C=O) groups is 1. The van der Waals surface area contributed by atoms with Gasteiger partial charge in [0.1, 0.15) is 0 Å². The van der Waals surface area contributed by atoms with Crippen LogP contribution in [0.2, 0.25) is 0 Å². The number of aryl methyl sites for hydroxylation is 1. The molecule has 0 bridgehead atoms. The molecule has 1 atom stereocenters. The Morgan fingerprint density at radius 2 is 1.79 bits per heavy atom. The number of amides is 1. The number of benzene rings is 2. The lowest BCUT2D eigenvalue weighted by Gasteiger charge is -2.43. The summed E-state index contributed by atoms with van der Waals surface area (Å²) in [5, 5.41) is 10.1. The van der Waals surface area contributed by atoms with E-state index in [1.165, 1.54) is 0 Å². The van der Waals surface area contributed by atoms with Crippen LogP contribution in [-0.2, 0) is 5.54 Å². The molecule has 2 aromatic carbocycles. The first-order valence-corrected chi connectivity index (χ1v) is 8.10. The fraction of sp³-hybridized carbons (Fsp3) is 0.238. The van der Waals surface area contributed by atoms with Crippen LogP contribution in [-0.4, -0.2) is 10.8 Å². The van der Waals surface area contributed by atoms with E-state index in [0.717, 1.165) is 16.7 Å². The van der Waals surface area contributed by atoms with E-state index in [2.05, 4.69) is 6.07 Å². The van der Waals surface area contributed by atoms with Gasteiger partial charge in [0, 0.05) is 11.8 Å². The zero-order valence-corrected chi connectivity index (χ0v) is 14.2. The summed E-state index contributed by atoms with van der Waals surface area (Å²) < 4.78 is 0. The number of nitriles is 1. The topological polar surface area (TPSA) is 44.1 Å². The van der Waals surface area contributed by atoms with Crippen LogP contribution in [0.3, 0.4) is 0 Å². The molecule has 0 fully saturated rings. The van der Waals surface area contributed by atoms with E-state index in [0.29, 0.717) is 5.56 Å². The molecule has 0 saturated heterocycles. The van der Waals surface area contributed by atoms with Crippen molar-refractivity contribution < 1.29 is 4.79 Å². The maximum absolute atomic E-state index is 13.2. The average Bonchev–Trinajstić information content (AvgIpc) is 2.60. The number of carbonyl (C=O) groups excluding carboxylic acids is 1. The van der Waals surface area contributed by atoms with Crippen LogP contribution in [0.25, 0.3) is 6.08 Å². The quantitative estimate of drug-likeness (QED) is 0.819. The third-order valence-corrected chi connectivity index (χ3v) is 4.75. The van der Waals surface area contributed by atoms with Crippen molar-refractivity contribution in [3.8, 4) is 6.07 Å². The molecular weight excluding hydrogens is 296 g/mol. The highest BCUT2D eigenvalue weighted by molar-refractivity contribution is 5.98. The minimum atomic E-state index is -1.01. The Labute approximate surface area is 142 Å². The summed E-state index contributed by atoms with van der Waals surface area (Å²) in [7, 11) is 0. The predicted molar refractivity (Wildman–Crippen MR) is 95.0 cm³/mol. The number of rotatable bonds is 2. The summed E-state index contributed by atoms with van der Waals surface area (Å²) in [5.74, 6) is -0.198. The van der Waals surface area contributed by atoms with Gasteiger partial charge in [-0.05, 0) is 41.7 Å². The van der Waals surface area contributed by atoms with Gasteiger partial charge in [-0.2, -0.15) is 5.26 Å². The van der Waals surface area contributed by atoms with Gasteiger partial charge in [-0.15, -0.1) is 0 Å². The fourth-order valence-electron chi connectivity index (χ4n) is 3.39. The Balaban J connectivity index is 2.20. The molecule has 3 nitrogen and oxygen atoms in total. The van der Waals surface area contributed by atoms with Gasteiger partial charge >= 0.3 is 0 Å². The van der Waals surface area contributed by atoms with Gasteiger partial charge in [-0.25, -0.2) is 0 Å². The number of hydrogen-bond donors (Lipinski definition) is 0.